The third-order valence-electron chi connectivity index (χ3n) is 4.21. The van der Waals surface area contributed by atoms with Crippen LogP contribution in [0.1, 0.15) is 53.2 Å². The quantitative estimate of drug-likeness (QED) is 0.652. The van der Waals surface area contributed by atoms with Gasteiger partial charge in [0.05, 0.1) is 5.69 Å². The molecule has 4 nitrogen and oxygen atoms in total. The van der Waals surface area contributed by atoms with Crippen LogP contribution in [0.15, 0.2) is 42.6 Å². The van der Waals surface area contributed by atoms with E-state index in [1.807, 2.05) is 42.6 Å². The first-order valence-electron chi connectivity index (χ1n) is 9.13. The highest BCUT2D eigenvalue weighted by Gasteiger charge is 2.25. The summed E-state index contributed by atoms with van der Waals surface area (Å²) < 4.78 is 0. The third kappa shape index (κ3) is 4.41. The number of hydrogen-bond acceptors (Lipinski definition) is 4. The Labute approximate surface area is 162 Å². The smallest absolute Gasteiger partial charge is 0.164 e. The van der Waals surface area contributed by atoms with E-state index in [9.17, 15) is 0 Å². The van der Waals surface area contributed by atoms with Gasteiger partial charge in [-0.3, -0.25) is 4.98 Å². The van der Waals surface area contributed by atoms with Gasteiger partial charge in [-0.15, -0.1) is 0 Å². The van der Waals surface area contributed by atoms with Crippen LogP contribution in [0.25, 0.3) is 22.6 Å². The molecule has 136 valence electrons. The summed E-state index contributed by atoms with van der Waals surface area (Å²) in [5.41, 5.74) is 3.22. The molecule has 3 aromatic rings. The predicted molar refractivity (Wildman–Crippen MR) is 111 cm³/mol. The van der Waals surface area contributed by atoms with E-state index < -0.39 is 0 Å². The van der Waals surface area contributed by atoms with Crippen LogP contribution in [-0.2, 0) is 10.8 Å². The predicted octanol–water partition coefficient (Wildman–Crippen LogP) is 3.99. The monoisotopic (exact) mass is 356 g/mol. The van der Waals surface area contributed by atoms with Gasteiger partial charge >= 0.3 is 0 Å². The average molecular weight is 356 g/mol. The third-order valence-corrected chi connectivity index (χ3v) is 4.21. The summed E-state index contributed by atoms with van der Waals surface area (Å²) in [5, 5.41) is 0. The van der Waals surface area contributed by atoms with E-state index >= 15 is 0 Å². The van der Waals surface area contributed by atoms with E-state index in [0.29, 0.717) is 5.82 Å². The Hall–Kier alpha value is -2.56. The number of benzene rings is 1. The normalized spacial score (nSPS) is 12.2. The summed E-state index contributed by atoms with van der Waals surface area (Å²) in [6, 6.07) is 11.7. The number of hydrogen-bond donors (Lipinski definition) is 0. The summed E-state index contributed by atoms with van der Waals surface area (Å²) >= 11 is 0. The molecule has 0 aliphatic rings. The molecular formula is C22H25BN4. The van der Waals surface area contributed by atoms with Crippen molar-refractivity contribution in [1.82, 2.24) is 19.9 Å². The van der Waals surface area contributed by atoms with E-state index in [1.165, 1.54) is 0 Å². The van der Waals surface area contributed by atoms with E-state index in [1.54, 1.807) is 0 Å². The molecule has 2 radical (unpaired) electrons. The lowest BCUT2D eigenvalue weighted by Gasteiger charge is -2.22. The van der Waals surface area contributed by atoms with Gasteiger partial charge in [0.25, 0.3) is 0 Å². The summed E-state index contributed by atoms with van der Waals surface area (Å²) in [7, 11) is 5.76. The summed E-state index contributed by atoms with van der Waals surface area (Å²) in [6.07, 6.45) is 1.82. The minimum Gasteiger partial charge on any atom is -0.255 e. The van der Waals surface area contributed by atoms with Gasteiger partial charge in [-0.25, -0.2) is 15.0 Å². The second-order valence-electron chi connectivity index (χ2n) is 8.86. The molecule has 0 unspecified atom stereocenters. The molecule has 27 heavy (non-hydrogen) atoms. The molecule has 0 spiro atoms. The maximum absolute atomic E-state index is 5.76. The van der Waals surface area contributed by atoms with Crippen molar-refractivity contribution in [1.29, 1.82) is 0 Å². The van der Waals surface area contributed by atoms with Gasteiger partial charge < -0.3 is 0 Å². The highest BCUT2D eigenvalue weighted by Crippen LogP contribution is 2.27. The van der Waals surface area contributed by atoms with Crippen LogP contribution in [-0.4, -0.2) is 27.8 Å². The standard InChI is InChI=1S/C22H25BN4/c1-21(2,3)19-25-18(26-20(27-19)22(4,5)6)15-9-12-17(24-13-15)14-7-10-16(23)11-8-14/h7-13H,1-6H3. The van der Waals surface area contributed by atoms with E-state index in [4.69, 9.17) is 22.8 Å². The lowest BCUT2D eigenvalue weighted by Crippen LogP contribution is -2.24. The molecule has 3 rings (SSSR count). The van der Waals surface area contributed by atoms with Crippen LogP contribution < -0.4 is 5.46 Å². The summed E-state index contributed by atoms with van der Waals surface area (Å²) in [4.78, 5) is 18.8. The average Bonchev–Trinajstić information content (AvgIpc) is 2.61. The fourth-order valence-corrected chi connectivity index (χ4v) is 2.53. The van der Waals surface area contributed by atoms with Crippen molar-refractivity contribution in [2.45, 2.75) is 52.4 Å². The number of nitrogens with zero attached hydrogens (tertiary/aromatic N) is 4. The molecule has 0 atom stereocenters. The van der Waals surface area contributed by atoms with Crippen molar-refractivity contribution >= 4 is 13.3 Å². The Balaban J connectivity index is 2.04. The largest absolute Gasteiger partial charge is 0.255 e. The molecule has 0 aliphatic carbocycles. The Morgan fingerprint density at radius 1 is 0.667 bits per heavy atom. The molecule has 2 heterocycles. The number of rotatable bonds is 2. The maximum Gasteiger partial charge on any atom is 0.164 e. The van der Waals surface area contributed by atoms with Gasteiger partial charge in [0, 0.05) is 28.2 Å². The Bertz CT molecular complexity index is 902. The minimum absolute atomic E-state index is 0.158. The van der Waals surface area contributed by atoms with Crippen LogP contribution in [0.4, 0.5) is 0 Å². The Morgan fingerprint density at radius 3 is 1.63 bits per heavy atom. The fourth-order valence-electron chi connectivity index (χ4n) is 2.53. The highest BCUT2D eigenvalue weighted by atomic mass is 15.1. The van der Waals surface area contributed by atoms with Gasteiger partial charge in [-0.2, -0.15) is 0 Å². The van der Waals surface area contributed by atoms with Crippen molar-refractivity contribution in [3.8, 4) is 22.6 Å². The zero-order valence-electron chi connectivity index (χ0n) is 16.9. The molecule has 0 saturated heterocycles. The second kappa shape index (κ2) is 6.88. The van der Waals surface area contributed by atoms with Gasteiger partial charge in [-0.05, 0) is 12.1 Å². The van der Waals surface area contributed by atoms with Gasteiger partial charge in [-0.1, -0.05) is 71.3 Å². The molecular weight excluding hydrogens is 331 g/mol. The number of aromatic nitrogens is 4. The molecule has 0 aliphatic heterocycles. The van der Waals surface area contributed by atoms with E-state index in [-0.39, 0.29) is 10.8 Å². The molecule has 0 fully saturated rings. The van der Waals surface area contributed by atoms with Crippen LogP contribution in [0.3, 0.4) is 0 Å². The first-order chi connectivity index (χ1) is 12.5. The summed E-state index contributed by atoms with van der Waals surface area (Å²) in [6.45, 7) is 12.7. The zero-order valence-corrected chi connectivity index (χ0v) is 16.9. The molecule has 1 aromatic carbocycles. The van der Waals surface area contributed by atoms with Crippen molar-refractivity contribution < 1.29 is 0 Å². The van der Waals surface area contributed by atoms with Crippen LogP contribution >= 0.6 is 0 Å². The Morgan fingerprint density at radius 2 is 1.19 bits per heavy atom. The van der Waals surface area contributed by atoms with Crippen LogP contribution in [0.5, 0.6) is 0 Å². The highest BCUT2D eigenvalue weighted by molar-refractivity contribution is 6.32. The van der Waals surface area contributed by atoms with Crippen molar-refractivity contribution in [3.63, 3.8) is 0 Å². The molecule has 0 amide bonds. The first-order valence-corrected chi connectivity index (χ1v) is 9.13. The first kappa shape index (κ1) is 19.2. The molecule has 0 saturated carbocycles. The van der Waals surface area contributed by atoms with Crippen molar-refractivity contribution in [2.75, 3.05) is 0 Å². The van der Waals surface area contributed by atoms with Gasteiger partial charge in [0.1, 0.15) is 19.5 Å². The number of pyridine rings is 1. The topological polar surface area (TPSA) is 51.6 Å². The fraction of sp³-hybridized carbons (Fsp3) is 0.364. The summed E-state index contributed by atoms with van der Waals surface area (Å²) in [5.74, 6) is 2.25. The van der Waals surface area contributed by atoms with Gasteiger partial charge in [0.15, 0.2) is 5.82 Å². The van der Waals surface area contributed by atoms with Gasteiger partial charge in [0.2, 0.25) is 0 Å². The van der Waals surface area contributed by atoms with E-state index in [0.717, 1.165) is 33.9 Å². The van der Waals surface area contributed by atoms with Crippen molar-refractivity contribution in [2.24, 2.45) is 0 Å². The van der Waals surface area contributed by atoms with Crippen molar-refractivity contribution in [3.05, 3.63) is 54.2 Å². The molecule has 0 bridgehead atoms. The lowest BCUT2D eigenvalue weighted by molar-refractivity contribution is 0.497. The Kier molecular flexibility index (Phi) is 4.89. The minimum atomic E-state index is -0.158. The lowest BCUT2D eigenvalue weighted by atomic mass is 9.93. The molecule has 0 N–H and O–H groups in total. The van der Waals surface area contributed by atoms with E-state index in [2.05, 4.69) is 46.5 Å². The van der Waals surface area contributed by atoms with Crippen LogP contribution in [0, 0.1) is 0 Å². The SMILES string of the molecule is [B]c1ccc(-c2ccc(-c3nc(C(C)(C)C)nc(C(C)(C)C)n3)cn2)cc1. The second-order valence-corrected chi connectivity index (χ2v) is 8.86. The molecule has 5 heteroatoms. The van der Waals surface area contributed by atoms with Crippen LogP contribution in [0.2, 0.25) is 0 Å². The zero-order chi connectivity index (χ0) is 19.8. The molecule has 2 aromatic heterocycles. The maximum atomic E-state index is 5.76.